The van der Waals surface area contributed by atoms with E-state index < -0.39 is 5.54 Å². The van der Waals surface area contributed by atoms with E-state index in [2.05, 4.69) is 44.0 Å². The van der Waals surface area contributed by atoms with Crippen molar-refractivity contribution in [2.24, 2.45) is 0 Å². The van der Waals surface area contributed by atoms with Crippen molar-refractivity contribution in [2.45, 2.75) is 84.7 Å². The summed E-state index contributed by atoms with van der Waals surface area (Å²) in [5.74, 6) is 0. The molecule has 2 atom stereocenters. The number of nitriles is 1. The number of nitrogens with zero attached hydrogens (tertiary/aromatic N) is 2. The largest absolute Gasteiger partial charge is 0.301 e. The van der Waals surface area contributed by atoms with Crippen molar-refractivity contribution in [1.82, 2.24) is 10.2 Å². The van der Waals surface area contributed by atoms with Gasteiger partial charge >= 0.3 is 0 Å². The fourth-order valence-corrected chi connectivity index (χ4v) is 2.55. The topological polar surface area (TPSA) is 39.1 Å². The molecule has 0 heterocycles. The number of hydrogen-bond acceptors (Lipinski definition) is 3. The number of nitrogens with one attached hydrogen (secondary N) is 1. The Hall–Kier alpha value is -0.590. The van der Waals surface area contributed by atoms with Crippen LogP contribution in [-0.2, 0) is 0 Å². The lowest BCUT2D eigenvalue weighted by Crippen LogP contribution is -2.47. The Bertz CT molecular complexity index is 264. The van der Waals surface area contributed by atoms with Crippen molar-refractivity contribution in [3.8, 4) is 6.07 Å². The summed E-state index contributed by atoms with van der Waals surface area (Å²) in [5.41, 5.74) is -0.397. The SMILES string of the molecule is CCCCN(CCCC)C(C)CC(C)(C#N)NCCC. The zero-order chi connectivity index (χ0) is 15.4. The predicted molar refractivity (Wildman–Crippen MR) is 87.8 cm³/mol. The molecule has 0 aromatic rings. The summed E-state index contributed by atoms with van der Waals surface area (Å²) in [6.07, 6.45) is 6.94. The van der Waals surface area contributed by atoms with Crippen LogP contribution in [-0.4, -0.2) is 36.1 Å². The maximum absolute atomic E-state index is 9.46. The van der Waals surface area contributed by atoms with Crippen molar-refractivity contribution in [2.75, 3.05) is 19.6 Å². The number of rotatable bonds is 12. The van der Waals surface area contributed by atoms with Crippen molar-refractivity contribution in [1.29, 1.82) is 5.26 Å². The van der Waals surface area contributed by atoms with Gasteiger partial charge in [-0.25, -0.2) is 0 Å². The molecular formula is C17H35N3. The van der Waals surface area contributed by atoms with Gasteiger partial charge in [0.05, 0.1) is 6.07 Å². The smallest absolute Gasteiger partial charge is 0.105 e. The first-order valence-electron chi connectivity index (χ1n) is 8.43. The first kappa shape index (κ1) is 19.4. The summed E-state index contributed by atoms with van der Waals surface area (Å²) in [4.78, 5) is 2.57. The van der Waals surface area contributed by atoms with Gasteiger partial charge in [-0.05, 0) is 59.2 Å². The Labute approximate surface area is 126 Å². The lowest BCUT2D eigenvalue weighted by molar-refractivity contribution is 0.171. The average molecular weight is 281 g/mol. The lowest BCUT2D eigenvalue weighted by atomic mass is 9.94. The van der Waals surface area contributed by atoms with Crippen LogP contribution in [0.25, 0.3) is 0 Å². The molecule has 1 N–H and O–H groups in total. The summed E-state index contributed by atoms with van der Waals surface area (Å²) in [6, 6.07) is 2.93. The van der Waals surface area contributed by atoms with Gasteiger partial charge in [0.15, 0.2) is 0 Å². The third-order valence-electron chi connectivity index (χ3n) is 3.94. The number of hydrogen-bond donors (Lipinski definition) is 1. The van der Waals surface area contributed by atoms with E-state index in [0.717, 1.165) is 32.5 Å². The molecule has 2 unspecified atom stereocenters. The van der Waals surface area contributed by atoms with E-state index in [0.29, 0.717) is 6.04 Å². The fraction of sp³-hybridized carbons (Fsp3) is 0.941. The van der Waals surface area contributed by atoms with E-state index in [1.165, 1.54) is 25.7 Å². The lowest BCUT2D eigenvalue weighted by Gasteiger charge is -2.34. The second kappa shape index (κ2) is 11.1. The average Bonchev–Trinajstić information content (AvgIpc) is 2.45. The molecule has 0 rings (SSSR count). The zero-order valence-corrected chi connectivity index (χ0v) is 14.3. The van der Waals surface area contributed by atoms with Crippen LogP contribution < -0.4 is 5.32 Å². The molecule has 0 aliphatic rings. The fourth-order valence-electron chi connectivity index (χ4n) is 2.55. The van der Waals surface area contributed by atoms with E-state index in [1.54, 1.807) is 0 Å². The van der Waals surface area contributed by atoms with Crippen LogP contribution in [0.2, 0.25) is 0 Å². The van der Waals surface area contributed by atoms with Crippen LogP contribution in [0.3, 0.4) is 0 Å². The molecule has 0 fully saturated rings. The molecule has 0 saturated heterocycles. The molecule has 0 aliphatic carbocycles. The maximum Gasteiger partial charge on any atom is 0.105 e. The molecule has 3 heteroatoms. The van der Waals surface area contributed by atoms with Gasteiger partial charge in [-0.3, -0.25) is 5.32 Å². The summed E-state index contributed by atoms with van der Waals surface area (Å²) in [6.45, 7) is 14.2. The van der Waals surface area contributed by atoms with E-state index >= 15 is 0 Å². The first-order valence-corrected chi connectivity index (χ1v) is 8.43. The van der Waals surface area contributed by atoms with Crippen molar-refractivity contribution in [3.05, 3.63) is 0 Å². The molecule has 0 aliphatic heterocycles. The summed E-state index contributed by atoms with van der Waals surface area (Å²) >= 11 is 0. The van der Waals surface area contributed by atoms with Gasteiger partial charge in [0.25, 0.3) is 0 Å². The predicted octanol–water partition coefficient (Wildman–Crippen LogP) is 3.95. The minimum atomic E-state index is -0.397. The van der Waals surface area contributed by atoms with Gasteiger partial charge in [-0.15, -0.1) is 0 Å². The third-order valence-corrected chi connectivity index (χ3v) is 3.94. The van der Waals surface area contributed by atoms with Crippen LogP contribution in [0, 0.1) is 11.3 Å². The minimum Gasteiger partial charge on any atom is -0.301 e. The van der Waals surface area contributed by atoms with E-state index in [-0.39, 0.29) is 0 Å². The quantitative estimate of drug-likeness (QED) is 0.589. The molecule has 118 valence electrons. The summed E-state index contributed by atoms with van der Waals surface area (Å²) in [5, 5.41) is 12.9. The van der Waals surface area contributed by atoms with E-state index in [4.69, 9.17) is 0 Å². The second-order valence-corrected chi connectivity index (χ2v) is 6.17. The highest BCUT2D eigenvalue weighted by Gasteiger charge is 2.27. The highest BCUT2D eigenvalue weighted by Crippen LogP contribution is 2.17. The first-order chi connectivity index (χ1) is 9.52. The Kier molecular flexibility index (Phi) is 10.8. The molecule has 0 radical (unpaired) electrons. The van der Waals surface area contributed by atoms with Gasteiger partial charge in [-0.2, -0.15) is 5.26 Å². The molecule has 0 bridgehead atoms. The Morgan fingerprint density at radius 2 is 1.65 bits per heavy atom. The molecule has 3 nitrogen and oxygen atoms in total. The molecule has 0 amide bonds. The second-order valence-electron chi connectivity index (χ2n) is 6.17. The van der Waals surface area contributed by atoms with Crippen LogP contribution >= 0.6 is 0 Å². The monoisotopic (exact) mass is 281 g/mol. The number of unbranched alkanes of at least 4 members (excludes halogenated alkanes) is 2. The van der Waals surface area contributed by atoms with Gasteiger partial charge in [0, 0.05) is 6.04 Å². The molecule has 0 aromatic carbocycles. The standard InChI is InChI=1S/C17H35N3/c1-6-9-12-20(13-10-7-2)16(4)14-17(5,15-18)19-11-8-3/h16,19H,6-14H2,1-5H3. The summed E-state index contributed by atoms with van der Waals surface area (Å²) in [7, 11) is 0. The molecule has 20 heavy (non-hydrogen) atoms. The highest BCUT2D eigenvalue weighted by atomic mass is 15.2. The van der Waals surface area contributed by atoms with Crippen molar-refractivity contribution >= 4 is 0 Å². The van der Waals surface area contributed by atoms with E-state index in [1.807, 2.05) is 6.92 Å². The molecule has 0 aromatic heterocycles. The van der Waals surface area contributed by atoms with Gasteiger partial charge in [0.1, 0.15) is 5.54 Å². The van der Waals surface area contributed by atoms with Crippen LogP contribution in [0.4, 0.5) is 0 Å². The normalized spacial score (nSPS) is 15.8. The third kappa shape index (κ3) is 7.87. The maximum atomic E-state index is 9.46. The van der Waals surface area contributed by atoms with Gasteiger partial charge < -0.3 is 4.90 Å². The Morgan fingerprint density at radius 3 is 2.05 bits per heavy atom. The highest BCUT2D eigenvalue weighted by molar-refractivity contribution is 5.05. The molecule has 0 spiro atoms. The Morgan fingerprint density at radius 1 is 1.10 bits per heavy atom. The van der Waals surface area contributed by atoms with Crippen LogP contribution in [0.1, 0.15) is 73.1 Å². The van der Waals surface area contributed by atoms with E-state index in [9.17, 15) is 5.26 Å². The zero-order valence-electron chi connectivity index (χ0n) is 14.3. The van der Waals surface area contributed by atoms with Crippen LogP contribution in [0.15, 0.2) is 0 Å². The van der Waals surface area contributed by atoms with Gasteiger partial charge in [0.2, 0.25) is 0 Å². The summed E-state index contributed by atoms with van der Waals surface area (Å²) < 4.78 is 0. The minimum absolute atomic E-state index is 0.397. The molecular weight excluding hydrogens is 246 g/mol. The Balaban J connectivity index is 4.52. The van der Waals surface area contributed by atoms with Crippen molar-refractivity contribution in [3.63, 3.8) is 0 Å². The van der Waals surface area contributed by atoms with Crippen molar-refractivity contribution < 1.29 is 0 Å². The van der Waals surface area contributed by atoms with Crippen LogP contribution in [0.5, 0.6) is 0 Å². The van der Waals surface area contributed by atoms with Gasteiger partial charge in [-0.1, -0.05) is 33.6 Å². The molecule has 0 saturated carbocycles.